The number of alkyl halides is 7. The Morgan fingerprint density at radius 1 is 1.00 bits per heavy atom. The number of aliphatic hydroxyl groups excluding tert-OH is 1. The van der Waals surface area contributed by atoms with Crippen LogP contribution in [0.3, 0.4) is 0 Å². The molecule has 244 valence electrons. The summed E-state index contributed by atoms with van der Waals surface area (Å²) >= 11 is 0. The van der Waals surface area contributed by atoms with E-state index in [4.69, 9.17) is 0 Å². The Labute approximate surface area is 251 Å². The van der Waals surface area contributed by atoms with Gasteiger partial charge in [0.1, 0.15) is 5.75 Å². The first-order valence-electron chi connectivity index (χ1n) is 15.4. The molecule has 0 aliphatic heterocycles. The fraction of sp³-hybridized carbons (Fsp3) is 0.750. The van der Waals surface area contributed by atoms with Crippen LogP contribution in [0.2, 0.25) is 0 Å². The second-order valence-corrected chi connectivity index (χ2v) is 14.8. The Morgan fingerprint density at radius 2 is 1.63 bits per heavy atom. The molecule has 0 spiro atoms. The monoisotopic (exact) mass is 640 g/mol. The van der Waals surface area contributed by atoms with Crippen molar-refractivity contribution in [2.45, 2.75) is 114 Å². The average Bonchev–Trinajstić information content (AvgIpc) is 3.14. The van der Waals surface area contributed by atoms with Crippen molar-refractivity contribution in [3.8, 4) is 5.75 Å². The summed E-state index contributed by atoms with van der Waals surface area (Å²) in [5.74, 6) is -12.1. The van der Waals surface area contributed by atoms with E-state index in [1.165, 1.54) is 11.1 Å². The van der Waals surface area contributed by atoms with Crippen LogP contribution >= 0.6 is 0 Å². The van der Waals surface area contributed by atoms with Crippen molar-refractivity contribution in [3.63, 3.8) is 0 Å². The molecule has 2 saturated carbocycles. The lowest BCUT2D eigenvalue weighted by Gasteiger charge is -2.52. The molecule has 0 bridgehead atoms. The minimum atomic E-state index is -6.40. The second-order valence-electron chi connectivity index (χ2n) is 13.2. The SMILES string of the molecule is C=C1[C@H](O)C[C@H]2[C@@H]3[C@H](CCCCCCCCCS(=O)CC(F)(F)C(F)(F)C(F)(F)F)Cc4cc(O)ccc4[C@H]3CC[C@]12C. The molecule has 1 unspecified atom stereocenters. The van der Waals surface area contributed by atoms with Crippen LogP contribution in [-0.2, 0) is 17.2 Å². The Kier molecular flexibility index (Phi) is 10.4. The Morgan fingerprint density at radius 3 is 2.28 bits per heavy atom. The summed E-state index contributed by atoms with van der Waals surface area (Å²) in [6, 6.07) is 5.73. The first kappa shape index (κ1) is 34.3. The van der Waals surface area contributed by atoms with Crippen LogP contribution in [0.4, 0.5) is 30.7 Å². The summed E-state index contributed by atoms with van der Waals surface area (Å²) < 4.78 is 101. The van der Waals surface area contributed by atoms with E-state index < -0.39 is 40.7 Å². The van der Waals surface area contributed by atoms with E-state index in [1.54, 1.807) is 6.07 Å². The van der Waals surface area contributed by atoms with Gasteiger partial charge in [0.15, 0.2) is 0 Å². The van der Waals surface area contributed by atoms with Gasteiger partial charge in [-0.15, -0.1) is 0 Å². The van der Waals surface area contributed by atoms with Crippen molar-refractivity contribution in [1.29, 1.82) is 0 Å². The number of fused-ring (bicyclic) bond motifs is 5. The van der Waals surface area contributed by atoms with Gasteiger partial charge in [-0.05, 0) is 96.4 Å². The lowest BCUT2D eigenvalue weighted by atomic mass is 9.52. The quantitative estimate of drug-likeness (QED) is 0.129. The third-order valence-corrected chi connectivity index (χ3v) is 11.9. The third kappa shape index (κ3) is 6.97. The molecule has 2 N–H and O–H groups in total. The zero-order chi connectivity index (χ0) is 31.8. The van der Waals surface area contributed by atoms with Crippen LogP contribution in [0, 0.1) is 23.2 Å². The Balaban J connectivity index is 1.21. The number of rotatable bonds is 13. The fourth-order valence-corrected chi connectivity index (χ4v) is 9.36. The van der Waals surface area contributed by atoms with E-state index >= 15 is 0 Å². The van der Waals surface area contributed by atoms with Gasteiger partial charge in [0.05, 0.1) is 11.9 Å². The molecule has 7 atom stereocenters. The molecule has 0 saturated heterocycles. The number of benzene rings is 1. The van der Waals surface area contributed by atoms with Crippen molar-refractivity contribution < 1.29 is 45.2 Å². The maximum absolute atomic E-state index is 13.4. The first-order chi connectivity index (χ1) is 20.0. The van der Waals surface area contributed by atoms with Gasteiger partial charge in [-0.3, -0.25) is 4.21 Å². The van der Waals surface area contributed by atoms with Gasteiger partial charge < -0.3 is 10.2 Å². The number of aromatic hydroxyl groups is 1. The first-order valence-corrected chi connectivity index (χ1v) is 16.8. The highest BCUT2D eigenvalue weighted by molar-refractivity contribution is 7.85. The number of hydrogen-bond acceptors (Lipinski definition) is 3. The van der Waals surface area contributed by atoms with Crippen molar-refractivity contribution in [2.24, 2.45) is 23.2 Å². The van der Waals surface area contributed by atoms with Gasteiger partial charge >= 0.3 is 18.0 Å². The van der Waals surface area contributed by atoms with Crippen molar-refractivity contribution >= 4 is 10.8 Å². The molecule has 1 aromatic rings. The van der Waals surface area contributed by atoms with Gasteiger partial charge in [-0.25, -0.2) is 0 Å². The van der Waals surface area contributed by atoms with Crippen molar-refractivity contribution in [3.05, 3.63) is 41.5 Å². The molecule has 1 aromatic carbocycles. The minimum absolute atomic E-state index is 0.0635. The van der Waals surface area contributed by atoms with Gasteiger partial charge in [0, 0.05) is 16.6 Å². The van der Waals surface area contributed by atoms with Gasteiger partial charge in [-0.1, -0.05) is 58.1 Å². The summed E-state index contributed by atoms with van der Waals surface area (Å²) in [6.45, 7) is 6.52. The predicted molar refractivity (Wildman–Crippen MR) is 153 cm³/mol. The van der Waals surface area contributed by atoms with Gasteiger partial charge in [0.25, 0.3) is 0 Å². The Bertz CT molecular complexity index is 1170. The van der Waals surface area contributed by atoms with E-state index in [1.807, 2.05) is 6.07 Å². The molecule has 0 aromatic heterocycles. The molecular formula is C32H43F7O3S. The van der Waals surface area contributed by atoms with Crippen molar-refractivity contribution in [1.82, 2.24) is 0 Å². The highest BCUT2D eigenvalue weighted by Crippen LogP contribution is 2.64. The summed E-state index contributed by atoms with van der Waals surface area (Å²) in [5, 5.41) is 20.9. The third-order valence-electron chi connectivity index (χ3n) is 10.5. The average molecular weight is 641 g/mol. The van der Waals surface area contributed by atoms with E-state index in [9.17, 15) is 45.2 Å². The van der Waals surface area contributed by atoms with Crippen LogP contribution in [0.15, 0.2) is 30.4 Å². The number of unbranched alkanes of at least 4 members (excludes halogenated alkanes) is 6. The number of phenols is 1. The number of hydrogen-bond donors (Lipinski definition) is 2. The Hall–Kier alpha value is -1.62. The molecule has 0 heterocycles. The fourth-order valence-electron chi connectivity index (χ4n) is 8.11. The van der Waals surface area contributed by atoms with E-state index in [0.717, 1.165) is 69.8 Å². The highest BCUT2D eigenvalue weighted by Gasteiger charge is 2.73. The molecule has 0 radical (unpaired) electrons. The zero-order valence-corrected chi connectivity index (χ0v) is 25.4. The summed E-state index contributed by atoms with van der Waals surface area (Å²) in [4.78, 5) is 0. The van der Waals surface area contributed by atoms with Crippen LogP contribution in [0.25, 0.3) is 0 Å². The summed E-state index contributed by atoms with van der Waals surface area (Å²) in [5.41, 5.74) is 3.44. The van der Waals surface area contributed by atoms with Gasteiger partial charge in [0.2, 0.25) is 0 Å². The normalized spacial score (nSPS) is 30.1. The maximum Gasteiger partial charge on any atom is 0.459 e. The van der Waals surface area contributed by atoms with Crippen LogP contribution < -0.4 is 0 Å². The predicted octanol–water partition coefficient (Wildman–Crippen LogP) is 8.70. The molecule has 3 nitrogen and oxygen atoms in total. The molecular weight excluding hydrogens is 597 g/mol. The van der Waals surface area contributed by atoms with Crippen molar-refractivity contribution in [2.75, 3.05) is 11.5 Å². The maximum atomic E-state index is 13.4. The van der Waals surface area contributed by atoms with Gasteiger partial charge in [-0.2, -0.15) is 30.7 Å². The van der Waals surface area contributed by atoms with E-state index in [0.29, 0.717) is 30.1 Å². The summed E-state index contributed by atoms with van der Waals surface area (Å²) in [7, 11) is -2.48. The van der Waals surface area contributed by atoms with Crippen LogP contribution in [0.5, 0.6) is 5.75 Å². The summed E-state index contributed by atoms with van der Waals surface area (Å²) in [6.07, 6.45) is 3.10. The number of phenolic OH excluding ortho intramolecular Hbond substituents is 1. The van der Waals surface area contributed by atoms with Crippen LogP contribution in [-0.4, -0.2) is 50.1 Å². The van der Waals surface area contributed by atoms with Crippen LogP contribution in [0.1, 0.15) is 94.6 Å². The molecule has 2 fully saturated rings. The smallest absolute Gasteiger partial charge is 0.459 e. The molecule has 11 heteroatoms. The minimum Gasteiger partial charge on any atom is -0.508 e. The molecule has 3 aliphatic rings. The standard InChI is InChI=1S/C32H43F7O3S/c1-20-27(41)18-26-28-21(16-22-17-23(40)11-12-24(22)25(28)13-14-29(20,26)2)10-8-6-4-3-5-7-9-15-43(42)19-30(33,34)31(35,36)32(37,38)39/h11-12,17,21,25-28,40-41H,1,3-10,13-16,18-19H2,2H3/t21-,25-,26+,27-,28-,29-,43?/m1/s1. The number of halogens is 7. The molecule has 4 rings (SSSR count). The lowest BCUT2D eigenvalue weighted by Crippen LogP contribution is -2.54. The molecule has 0 amide bonds. The van der Waals surface area contributed by atoms with E-state index in [-0.39, 0.29) is 23.3 Å². The largest absolute Gasteiger partial charge is 0.508 e. The highest BCUT2D eigenvalue weighted by atomic mass is 32.2. The molecule has 3 aliphatic carbocycles. The van der Waals surface area contributed by atoms with E-state index in [2.05, 4.69) is 19.6 Å². The lowest BCUT2D eigenvalue weighted by molar-refractivity contribution is -0.348. The second kappa shape index (κ2) is 13.0. The zero-order valence-electron chi connectivity index (χ0n) is 24.6. The number of aliphatic hydroxyl groups is 1. The molecule has 43 heavy (non-hydrogen) atoms. The topological polar surface area (TPSA) is 57.5 Å².